The van der Waals surface area contributed by atoms with E-state index in [9.17, 15) is 33.3 Å². The number of benzene rings is 2. The first kappa shape index (κ1) is 23.8. The van der Waals surface area contributed by atoms with E-state index in [1.54, 1.807) is 6.07 Å². The summed E-state index contributed by atoms with van der Waals surface area (Å²) in [5.41, 5.74) is 0.636. The van der Waals surface area contributed by atoms with Crippen LogP contribution in [0.2, 0.25) is 0 Å². The lowest BCUT2D eigenvalue weighted by molar-refractivity contribution is -0.205. The second-order valence-corrected chi connectivity index (χ2v) is 7.84. The van der Waals surface area contributed by atoms with Gasteiger partial charge in [-0.25, -0.2) is 17.9 Å². The number of aliphatic hydroxyl groups excluding tert-OH is 3. The molecular weight excluding hydrogens is 457 g/mol. The van der Waals surface area contributed by atoms with Crippen molar-refractivity contribution in [3.8, 4) is 11.3 Å². The number of ether oxygens (including phenoxy) is 1. The van der Waals surface area contributed by atoms with Gasteiger partial charge in [0.25, 0.3) is 5.91 Å². The Balaban J connectivity index is 1.63. The molecule has 0 saturated carbocycles. The Bertz CT molecular complexity index is 1190. The van der Waals surface area contributed by atoms with Crippen molar-refractivity contribution in [1.29, 1.82) is 0 Å². The van der Waals surface area contributed by atoms with E-state index in [2.05, 4.69) is 10.3 Å². The predicted octanol–water partition coefficient (Wildman–Crippen LogP) is 1.05. The zero-order chi connectivity index (χ0) is 24.6. The van der Waals surface area contributed by atoms with E-state index in [0.29, 0.717) is 5.56 Å². The average Bonchev–Trinajstić information content (AvgIpc) is 3.30. The van der Waals surface area contributed by atoms with Gasteiger partial charge in [-0.2, -0.15) is 0 Å². The van der Waals surface area contributed by atoms with Crippen LogP contribution in [0.15, 0.2) is 48.7 Å². The fourth-order valence-electron chi connectivity index (χ4n) is 3.83. The summed E-state index contributed by atoms with van der Waals surface area (Å²) in [7, 11) is 1.27. The fourth-order valence-corrected chi connectivity index (χ4v) is 3.83. The number of aliphatic hydroxyl groups is 3. The second-order valence-electron chi connectivity index (χ2n) is 7.84. The molecule has 0 spiro atoms. The van der Waals surface area contributed by atoms with E-state index in [-0.39, 0.29) is 11.4 Å². The maximum Gasteiger partial charge on any atom is 0.258 e. The molecule has 1 amide bonds. The number of hydrogen-bond donors (Lipinski definition) is 3. The molecule has 1 fully saturated rings. The lowest BCUT2D eigenvalue weighted by Gasteiger charge is -2.42. The van der Waals surface area contributed by atoms with Crippen LogP contribution < -0.4 is 4.90 Å². The van der Waals surface area contributed by atoms with Gasteiger partial charge in [0.2, 0.25) is 0 Å². The van der Waals surface area contributed by atoms with E-state index in [1.165, 1.54) is 37.5 Å². The molecule has 34 heavy (non-hydrogen) atoms. The van der Waals surface area contributed by atoms with Crippen LogP contribution in [0.4, 0.5) is 18.9 Å². The summed E-state index contributed by atoms with van der Waals surface area (Å²) in [5.74, 6) is -3.59. The Labute approximate surface area is 191 Å². The summed E-state index contributed by atoms with van der Waals surface area (Å²) in [4.78, 5) is 14.0. The van der Waals surface area contributed by atoms with E-state index in [4.69, 9.17) is 4.74 Å². The molecule has 0 aliphatic carbocycles. The monoisotopic (exact) mass is 478 g/mol. The summed E-state index contributed by atoms with van der Waals surface area (Å²) in [5, 5.41) is 39.2. The summed E-state index contributed by atoms with van der Waals surface area (Å²) in [6.45, 7) is -0.686. The van der Waals surface area contributed by atoms with Gasteiger partial charge < -0.3 is 25.0 Å². The highest BCUT2D eigenvalue weighted by Gasteiger charge is 2.49. The standard InChI is InChI=1S/C22H21F3N4O5/c1-28(13-5-6-14(24)15(25)8-13)22(33)21-20(32)18(19(31)17(10-30)34-21)29-9-16(26-27-29)11-3-2-4-12(23)7-11/h2-9,17-21,30-32H,10H2,1H3/t17?,18?,19-,20?,21?/m0/s1. The molecule has 3 N–H and O–H groups in total. The molecule has 180 valence electrons. The van der Waals surface area contributed by atoms with Crippen LogP contribution >= 0.6 is 0 Å². The highest BCUT2D eigenvalue weighted by molar-refractivity contribution is 5.96. The number of amides is 1. The Morgan fingerprint density at radius 2 is 1.88 bits per heavy atom. The van der Waals surface area contributed by atoms with Gasteiger partial charge in [0, 0.05) is 24.4 Å². The minimum Gasteiger partial charge on any atom is -0.394 e. The first-order valence-corrected chi connectivity index (χ1v) is 10.2. The van der Waals surface area contributed by atoms with Gasteiger partial charge in [-0.1, -0.05) is 17.3 Å². The van der Waals surface area contributed by atoms with Crippen molar-refractivity contribution in [2.45, 2.75) is 30.5 Å². The first-order chi connectivity index (χ1) is 16.2. The Morgan fingerprint density at radius 3 is 2.56 bits per heavy atom. The van der Waals surface area contributed by atoms with Gasteiger partial charge in [-0.05, 0) is 24.3 Å². The SMILES string of the molecule is CN(C(=O)C1OC(CO)[C@H](O)C(n2cc(-c3cccc(F)c3)nn2)C1O)c1ccc(F)c(F)c1. The van der Waals surface area contributed by atoms with Gasteiger partial charge in [0.1, 0.15) is 35.9 Å². The first-order valence-electron chi connectivity index (χ1n) is 10.2. The fraction of sp³-hybridized carbons (Fsp3) is 0.318. The molecule has 12 heteroatoms. The number of rotatable bonds is 5. The quantitative estimate of drug-likeness (QED) is 0.501. The normalized spacial score (nSPS) is 24.7. The van der Waals surface area contributed by atoms with Crippen molar-refractivity contribution in [1.82, 2.24) is 15.0 Å². The highest BCUT2D eigenvalue weighted by Crippen LogP contribution is 2.32. The number of likely N-dealkylation sites (N-methyl/N-ethyl adjacent to an activating group) is 1. The van der Waals surface area contributed by atoms with Gasteiger partial charge in [0.15, 0.2) is 17.7 Å². The molecule has 1 aromatic heterocycles. The molecule has 1 aliphatic heterocycles. The summed E-state index contributed by atoms with van der Waals surface area (Å²) < 4.78 is 47.0. The molecule has 2 heterocycles. The predicted molar refractivity (Wildman–Crippen MR) is 112 cm³/mol. The van der Waals surface area contributed by atoms with Crippen LogP contribution in [0.1, 0.15) is 6.04 Å². The Kier molecular flexibility index (Phi) is 6.66. The highest BCUT2D eigenvalue weighted by atomic mass is 19.2. The average molecular weight is 478 g/mol. The molecule has 2 aromatic carbocycles. The molecule has 1 saturated heterocycles. The van der Waals surface area contributed by atoms with Gasteiger partial charge in [0.05, 0.1) is 12.8 Å². The van der Waals surface area contributed by atoms with Crippen LogP contribution in [0.25, 0.3) is 11.3 Å². The lowest BCUT2D eigenvalue weighted by Crippen LogP contribution is -2.60. The maximum absolute atomic E-state index is 13.6. The van der Waals surface area contributed by atoms with E-state index < -0.39 is 60.4 Å². The van der Waals surface area contributed by atoms with Crippen molar-refractivity contribution < 1.29 is 38.0 Å². The smallest absolute Gasteiger partial charge is 0.258 e. The third-order valence-electron chi connectivity index (χ3n) is 5.69. The summed E-state index contributed by atoms with van der Waals surface area (Å²) in [6.07, 6.45) is -4.67. The number of hydrogen-bond acceptors (Lipinski definition) is 7. The molecule has 5 atom stereocenters. The van der Waals surface area contributed by atoms with Crippen LogP contribution in [0, 0.1) is 17.5 Å². The maximum atomic E-state index is 13.6. The molecule has 0 bridgehead atoms. The zero-order valence-corrected chi connectivity index (χ0v) is 17.8. The van der Waals surface area contributed by atoms with Crippen LogP contribution in [-0.2, 0) is 9.53 Å². The molecule has 1 aliphatic rings. The van der Waals surface area contributed by atoms with Crippen molar-refractivity contribution >= 4 is 11.6 Å². The molecule has 4 rings (SSSR count). The number of carbonyl (C=O) groups is 1. The van der Waals surface area contributed by atoms with E-state index in [0.717, 1.165) is 21.7 Å². The van der Waals surface area contributed by atoms with Gasteiger partial charge >= 0.3 is 0 Å². The number of anilines is 1. The number of nitrogens with zero attached hydrogens (tertiary/aromatic N) is 4. The minimum atomic E-state index is -1.67. The van der Waals surface area contributed by atoms with Crippen molar-refractivity contribution in [3.05, 3.63) is 66.1 Å². The van der Waals surface area contributed by atoms with Crippen molar-refractivity contribution in [2.75, 3.05) is 18.6 Å². The Hall–Kier alpha value is -3.32. The second kappa shape index (κ2) is 9.50. The van der Waals surface area contributed by atoms with E-state index in [1.807, 2.05) is 0 Å². The number of halogens is 3. The van der Waals surface area contributed by atoms with Gasteiger partial charge in [-0.15, -0.1) is 5.10 Å². The third kappa shape index (κ3) is 4.40. The molecular formula is C22H21F3N4O5. The number of aromatic nitrogens is 3. The molecule has 4 unspecified atom stereocenters. The van der Waals surface area contributed by atoms with Crippen LogP contribution in [0.5, 0.6) is 0 Å². The third-order valence-corrected chi connectivity index (χ3v) is 5.69. The summed E-state index contributed by atoms with van der Waals surface area (Å²) in [6, 6.07) is 7.11. The largest absolute Gasteiger partial charge is 0.394 e. The van der Waals surface area contributed by atoms with Gasteiger partial charge in [-0.3, -0.25) is 4.79 Å². The van der Waals surface area contributed by atoms with Crippen molar-refractivity contribution in [3.63, 3.8) is 0 Å². The van der Waals surface area contributed by atoms with Crippen LogP contribution in [-0.4, -0.2) is 74.3 Å². The number of carbonyl (C=O) groups excluding carboxylic acids is 1. The van der Waals surface area contributed by atoms with Crippen molar-refractivity contribution in [2.24, 2.45) is 0 Å². The molecule has 0 radical (unpaired) electrons. The summed E-state index contributed by atoms with van der Waals surface area (Å²) >= 11 is 0. The van der Waals surface area contributed by atoms with E-state index >= 15 is 0 Å². The topological polar surface area (TPSA) is 121 Å². The molecule has 3 aromatic rings. The zero-order valence-electron chi connectivity index (χ0n) is 17.8. The van der Waals surface area contributed by atoms with Crippen LogP contribution in [0.3, 0.4) is 0 Å². The minimum absolute atomic E-state index is 0.00272. The lowest BCUT2D eigenvalue weighted by atomic mass is 9.92. The Morgan fingerprint density at radius 1 is 1.12 bits per heavy atom. The molecule has 9 nitrogen and oxygen atoms in total.